The molecule has 1 heterocycles. The number of methoxy groups -OCH3 is 1. The molecule has 2 aromatic rings. The van der Waals surface area contributed by atoms with Gasteiger partial charge in [-0.25, -0.2) is 0 Å². The number of hydrogen-bond acceptors (Lipinski definition) is 5. The van der Waals surface area contributed by atoms with Crippen molar-refractivity contribution < 1.29 is 23.8 Å². The first-order valence-electron chi connectivity index (χ1n) is 7.39. The smallest absolute Gasteiger partial charge is 0.308 e. The minimum absolute atomic E-state index is 0.201. The summed E-state index contributed by atoms with van der Waals surface area (Å²) in [6.45, 7) is 3.24. The molecule has 0 N–H and O–H groups in total. The predicted octanol–water partition coefficient (Wildman–Crippen LogP) is 3.55. The molecule has 0 amide bonds. The molecule has 0 spiro atoms. The van der Waals surface area contributed by atoms with Gasteiger partial charge in [-0.1, -0.05) is 6.07 Å². The van der Waals surface area contributed by atoms with E-state index in [2.05, 4.69) is 0 Å². The highest BCUT2D eigenvalue weighted by molar-refractivity contribution is 6.14. The number of hydrogen-bond donors (Lipinski definition) is 0. The van der Waals surface area contributed by atoms with Gasteiger partial charge in [-0.3, -0.25) is 9.59 Å². The van der Waals surface area contributed by atoms with Gasteiger partial charge in [0.1, 0.15) is 17.2 Å². The Morgan fingerprint density at radius 1 is 1.17 bits per heavy atom. The second-order valence-electron chi connectivity index (χ2n) is 5.42. The van der Waals surface area contributed by atoms with E-state index in [0.29, 0.717) is 17.1 Å². The zero-order chi connectivity index (χ0) is 17.3. The van der Waals surface area contributed by atoms with E-state index in [-0.39, 0.29) is 11.5 Å². The standard InChI is InChI=1S/C19H16O5/c1-11-8-13(4-7-16(11)22-3)9-18-19(21)15-6-5-14(23-12(2)20)10-17(15)24-18/h4-10H,1-3H3/b18-9-. The maximum atomic E-state index is 12.4. The Kier molecular flexibility index (Phi) is 4.08. The molecule has 0 aromatic heterocycles. The SMILES string of the molecule is COc1ccc(/C=C2\Oc3cc(OC(C)=O)ccc3C2=O)cc1C. The summed E-state index contributed by atoms with van der Waals surface area (Å²) in [6, 6.07) is 10.3. The van der Waals surface area contributed by atoms with Crippen LogP contribution in [0, 0.1) is 6.92 Å². The summed E-state index contributed by atoms with van der Waals surface area (Å²) in [4.78, 5) is 23.4. The second kappa shape index (κ2) is 6.20. The zero-order valence-corrected chi connectivity index (χ0v) is 13.6. The molecule has 0 saturated carbocycles. The third-order valence-corrected chi connectivity index (χ3v) is 3.62. The lowest BCUT2D eigenvalue weighted by atomic mass is 10.1. The lowest BCUT2D eigenvalue weighted by Gasteiger charge is -2.05. The molecule has 0 aliphatic carbocycles. The Balaban J connectivity index is 1.90. The second-order valence-corrected chi connectivity index (χ2v) is 5.42. The molecule has 24 heavy (non-hydrogen) atoms. The average Bonchev–Trinajstić information content (AvgIpc) is 2.82. The quantitative estimate of drug-likeness (QED) is 0.491. The first kappa shape index (κ1) is 15.8. The highest BCUT2D eigenvalue weighted by Gasteiger charge is 2.27. The first-order chi connectivity index (χ1) is 11.5. The maximum absolute atomic E-state index is 12.4. The van der Waals surface area contributed by atoms with Crippen LogP contribution < -0.4 is 14.2 Å². The van der Waals surface area contributed by atoms with Gasteiger partial charge in [0.25, 0.3) is 0 Å². The normalized spacial score (nSPS) is 14.3. The molecule has 0 fully saturated rings. The van der Waals surface area contributed by atoms with Crippen LogP contribution in [0.3, 0.4) is 0 Å². The number of rotatable bonds is 3. The number of carbonyl (C=O) groups excluding carboxylic acids is 2. The number of fused-ring (bicyclic) bond motifs is 1. The summed E-state index contributed by atoms with van der Waals surface area (Å²) in [7, 11) is 1.61. The molecule has 0 bridgehead atoms. The van der Waals surface area contributed by atoms with Gasteiger partial charge in [-0.2, -0.15) is 0 Å². The van der Waals surface area contributed by atoms with Crippen LogP contribution in [0.25, 0.3) is 6.08 Å². The van der Waals surface area contributed by atoms with Crippen molar-refractivity contribution in [1.82, 2.24) is 0 Å². The number of aryl methyl sites for hydroxylation is 1. The minimum atomic E-state index is -0.427. The van der Waals surface area contributed by atoms with Gasteiger partial charge in [0.15, 0.2) is 5.76 Å². The molecular formula is C19H16O5. The van der Waals surface area contributed by atoms with Crippen molar-refractivity contribution in [2.24, 2.45) is 0 Å². The molecule has 5 nitrogen and oxygen atoms in total. The Morgan fingerprint density at radius 3 is 2.62 bits per heavy atom. The summed E-state index contributed by atoms with van der Waals surface area (Å²) >= 11 is 0. The van der Waals surface area contributed by atoms with Crippen molar-refractivity contribution in [2.75, 3.05) is 7.11 Å². The lowest BCUT2D eigenvalue weighted by Crippen LogP contribution is -2.01. The van der Waals surface area contributed by atoms with E-state index in [1.807, 2.05) is 25.1 Å². The van der Waals surface area contributed by atoms with Crippen LogP contribution in [0.1, 0.15) is 28.4 Å². The number of esters is 1. The number of ketones is 1. The largest absolute Gasteiger partial charge is 0.496 e. The molecule has 1 aliphatic heterocycles. The Morgan fingerprint density at radius 2 is 1.96 bits per heavy atom. The van der Waals surface area contributed by atoms with E-state index in [0.717, 1.165) is 16.9 Å². The number of benzene rings is 2. The summed E-state index contributed by atoms with van der Waals surface area (Å²) in [6.07, 6.45) is 1.68. The van der Waals surface area contributed by atoms with Crippen LogP contribution in [0.2, 0.25) is 0 Å². The van der Waals surface area contributed by atoms with Gasteiger partial charge in [0, 0.05) is 13.0 Å². The summed E-state index contributed by atoms with van der Waals surface area (Å²) < 4.78 is 15.9. The van der Waals surface area contributed by atoms with Crippen molar-refractivity contribution in [3.05, 3.63) is 58.8 Å². The van der Waals surface area contributed by atoms with E-state index in [4.69, 9.17) is 14.2 Å². The van der Waals surface area contributed by atoms with Crippen LogP contribution in [-0.2, 0) is 4.79 Å². The molecule has 0 radical (unpaired) electrons. The van der Waals surface area contributed by atoms with Crippen molar-refractivity contribution >= 4 is 17.8 Å². The summed E-state index contributed by atoms with van der Waals surface area (Å²) in [5.41, 5.74) is 2.25. The van der Waals surface area contributed by atoms with E-state index in [1.165, 1.54) is 13.0 Å². The first-order valence-corrected chi connectivity index (χ1v) is 7.39. The fourth-order valence-electron chi connectivity index (χ4n) is 2.54. The fraction of sp³-hybridized carbons (Fsp3) is 0.158. The van der Waals surface area contributed by atoms with Gasteiger partial charge < -0.3 is 14.2 Å². The van der Waals surface area contributed by atoms with Crippen molar-refractivity contribution in [3.8, 4) is 17.2 Å². The van der Waals surface area contributed by atoms with Crippen LogP contribution in [-0.4, -0.2) is 18.9 Å². The fourth-order valence-corrected chi connectivity index (χ4v) is 2.54. The van der Waals surface area contributed by atoms with Gasteiger partial charge in [0.05, 0.1) is 12.7 Å². The van der Waals surface area contributed by atoms with Crippen molar-refractivity contribution in [1.29, 1.82) is 0 Å². The van der Waals surface area contributed by atoms with Gasteiger partial charge in [-0.15, -0.1) is 0 Å². The molecule has 1 aliphatic rings. The van der Waals surface area contributed by atoms with E-state index in [9.17, 15) is 9.59 Å². The maximum Gasteiger partial charge on any atom is 0.308 e. The Bertz CT molecular complexity index is 864. The van der Waals surface area contributed by atoms with Crippen molar-refractivity contribution in [3.63, 3.8) is 0 Å². The van der Waals surface area contributed by atoms with Gasteiger partial charge in [0.2, 0.25) is 5.78 Å². The molecule has 0 atom stereocenters. The summed E-state index contributed by atoms with van der Waals surface area (Å²) in [5.74, 6) is 1.11. The van der Waals surface area contributed by atoms with Gasteiger partial charge in [-0.05, 0) is 48.4 Å². The van der Waals surface area contributed by atoms with Crippen LogP contribution in [0.15, 0.2) is 42.2 Å². The van der Waals surface area contributed by atoms with E-state index >= 15 is 0 Å². The minimum Gasteiger partial charge on any atom is -0.496 e. The highest BCUT2D eigenvalue weighted by atomic mass is 16.5. The molecule has 3 rings (SSSR count). The molecule has 122 valence electrons. The average molecular weight is 324 g/mol. The van der Waals surface area contributed by atoms with Crippen LogP contribution in [0.4, 0.5) is 0 Å². The highest BCUT2D eigenvalue weighted by Crippen LogP contribution is 2.35. The Labute approximate surface area is 139 Å². The lowest BCUT2D eigenvalue weighted by molar-refractivity contribution is -0.131. The monoisotopic (exact) mass is 324 g/mol. The number of Topliss-reactive ketones (excluding diaryl/α,β-unsaturated/α-hetero) is 1. The number of carbonyl (C=O) groups is 2. The van der Waals surface area contributed by atoms with Crippen molar-refractivity contribution in [2.45, 2.75) is 13.8 Å². The van der Waals surface area contributed by atoms with Crippen LogP contribution >= 0.6 is 0 Å². The van der Waals surface area contributed by atoms with Crippen LogP contribution in [0.5, 0.6) is 17.2 Å². The Hall–Kier alpha value is -3.08. The van der Waals surface area contributed by atoms with E-state index < -0.39 is 5.97 Å². The third-order valence-electron chi connectivity index (χ3n) is 3.62. The van der Waals surface area contributed by atoms with Gasteiger partial charge >= 0.3 is 5.97 Å². The zero-order valence-electron chi connectivity index (χ0n) is 13.6. The topological polar surface area (TPSA) is 61.8 Å². The number of allylic oxidation sites excluding steroid dienone is 1. The molecule has 0 saturated heterocycles. The molecular weight excluding hydrogens is 308 g/mol. The molecule has 5 heteroatoms. The molecule has 2 aromatic carbocycles. The third kappa shape index (κ3) is 3.01. The number of ether oxygens (including phenoxy) is 3. The van der Waals surface area contributed by atoms with E-state index in [1.54, 1.807) is 25.3 Å². The predicted molar refractivity (Wildman–Crippen MR) is 88.4 cm³/mol. The molecule has 0 unspecified atom stereocenters. The summed E-state index contributed by atoms with van der Waals surface area (Å²) in [5, 5.41) is 0.